The second-order valence-electron chi connectivity index (χ2n) is 12.3. The van der Waals surface area contributed by atoms with Crippen LogP contribution in [0.15, 0.2) is 72.6 Å². The van der Waals surface area contributed by atoms with E-state index in [-0.39, 0.29) is 31.6 Å². The van der Waals surface area contributed by atoms with E-state index in [2.05, 4.69) is 81.4 Å². The van der Waals surface area contributed by atoms with Crippen LogP contribution in [0.4, 0.5) is 0 Å². The molecule has 0 atom stereocenters. The van der Waals surface area contributed by atoms with Gasteiger partial charge in [-0.3, -0.25) is 4.79 Å². The number of hydrogen-bond acceptors (Lipinski definition) is 3. The Balaban J connectivity index is 0.000000284. The van der Waals surface area contributed by atoms with Crippen LogP contribution in [0.2, 0.25) is 0 Å². The summed E-state index contributed by atoms with van der Waals surface area (Å²) in [7, 11) is 0. The number of allylic oxidation sites excluding steroid dienone is 2. The minimum absolute atomic E-state index is 0. The van der Waals surface area contributed by atoms with Crippen LogP contribution in [0.5, 0.6) is 0 Å². The van der Waals surface area contributed by atoms with Crippen molar-refractivity contribution < 1.29 is 30.0 Å². The number of aromatic nitrogens is 1. The quantitative estimate of drug-likeness (QED) is 0.103. The molecule has 0 saturated heterocycles. The van der Waals surface area contributed by atoms with Gasteiger partial charge in [0.15, 0.2) is 5.78 Å². The zero-order chi connectivity index (χ0) is 29.0. The van der Waals surface area contributed by atoms with Gasteiger partial charge >= 0.3 is 0 Å². The summed E-state index contributed by atoms with van der Waals surface area (Å²) in [5.74, 6) is 1.60. The fourth-order valence-corrected chi connectivity index (χ4v) is 5.42. The molecule has 0 fully saturated rings. The topological polar surface area (TPSA) is 50.2 Å². The maximum Gasteiger partial charge on any atom is 0.159 e. The molecule has 1 aliphatic rings. The largest absolute Gasteiger partial charge is 0.512 e. The first-order valence-corrected chi connectivity index (χ1v) is 14.5. The third-order valence-electron chi connectivity index (χ3n) is 6.98. The Morgan fingerprint density at radius 1 is 0.878 bits per heavy atom. The number of pyridine rings is 1. The van der Waals surface area contributed by atoms with E-state index in [1.165, 1.54) is 50.2 Å². The average Bonchev–Trinajstić information content (AvgIpc) is 2.97. The molecule has 4 aromatic rings. The predicted octanol–water partition coefficient (Wildman–Crippen LogP) is 9.94. The number of aryl methyl sites for hydroxylation is 1. The Morgan fingerprint density at radius 2 is 1.61 bits per heavy atom. The molecule has 0 spiro atoms. The van der Waals surface area contributed by atoms with Crippen LogP contribution in [0, 0.1) is 30.7 Å². The molecule has 1 aliphatic carbocycles. The van der Waals surface area contributed by atoms with Gasteiger partial charge in [0.2, 0.25) is 0 Å². The van der Waals surface area contributed by atoms with Crippen molar-refractivity contribution in [2.45, 2.75) is 67.7 Å². The van der Waals surface area contributed by atoms with E-state index in [0.29, 0.717) is 30.6 Å². The SMILES string of the molecule is CC(C)CC(=O)/C=C(\O)CC(C)C.Cc1ccc2c(c1)-c1cc(CC(C)C)c[c-]c1-c1nccc3cccc-2c13.[Ir]. The number of carbonyl (C=O) groups is 1. The van der Waals surface area contributed by atoms with E-state index in [4.69, 9.17) is 4.98 Å². The van der Waals surface area contributed by atoms with Crippen LogP contribution in [-0.2, 0) is 31.3 Å². The number of aliphatic hydroxyl groups is 1. The summed E-state index contributed by atoms with van der Waals surface area (Å²) in [5, 5.41) is 11.8. The minimum atomic E-state index is 0. The van der Waals surface area contributed by atoms with Crippen molar-refractivity contribution in [2.24, 2.45) is 17.8 Å². The average molecular weight is 725 g/mol. The van der Waals surface area contributed by atoms with Crippen LogP contribution in [-0.4, -0.2) is 15.9 Å². The summed E-state index contributed by atoms with van der Waals surface area (Å²) < 4.78 is 0. The molecule has 1 radical (unpaired) electrons. The molecule has 41 heavy (non-hydrogen) atoms. The smallest absolute Gasteiger partial charge is 0.159 e. The van der Waals surface area contributed by atoms with Crippen LogP contribution < -0.4 is 0 Å². The molecule has 217 valence electrons. The molecule has 5 rings (SSSR count). The molecule has 0 unspecified atom stereocenters. The molecule has 3 nitrogen and oxygen atoms in total. The van der Waals surface area contributed by atoms with Crippen molar-refractivity contribution in [3.63, 3.8) is 0 Å². The Kier molecular flexibility index (Phi) is 11.2. The molecular formula is C37H42IrNO2-. The molecule has 1 heterocycles. The van der Waals surface area contributed by atoms with Crippen molar-refractivity contribution >= 4 is 16.6 Å². The molecule has 0 amide bonds. The maximum absolute atomic E-state index is 11.2. The summed E-state index contributed by atoms with van der Waals surface area (Å²) in [4.78, 5) is 16.0. The van der Waals surface area contributed by atoms with Gasteiger partial charge in [-0.05, 0) is 52.4 Å². The van der Waals surface area contributed by atoms with Gasteiger partial charge in [-0.25, -0.2) is 0 Å². The van der Waals surface area contributed by atoms with Gasteiger partial charge in [-0.1, -0.05) is 107 Å². The zero-order valence-electron chi connectivity index (χ0n) is 25.3. The Labute approximate surface area is 259 Å². The maximum atomic E-state index is 11.2. The number of carbonyl (C=O) groups excluding carboxylic acids is 1. The molecule has 1 N–H and O–H groups in total. The number of hydrogen-bond donors (Lipinski definition) is 1. The van der Waals surface area contributed by atoms with Gasteiger partial charge in [0.25, 0.3) is 0 Å². The second kappa shape index (κ2) is 14.2. The van der Waals surface area contributed by atoms with Crippen LogP contribution in [0.1, 0.15) is 65.5 Å². The number of aliphatic hydroxyl groups excluding tert-OH is 1. The number of ketones is 1. The summed E-state index contributed by atoms with van der Waals surface area (Å²) in [6.07, 6.45) is 5.45. The Morgan fingerprint density at radius 3 is 2.29 bits per heavy atom. The first-order chi connectivity index (χ1) is 19.0. The number of rotatable bonds is 7. The van der Waals surface area contributed by atoms with Gasteiger partial charge < -0.3 is 10.1 Å². The first kappa shape index (κ1) is 32.4. The van der Waals surface area contributed by atoms with Gasteiger partial charge in [0.05, 0.1) is 5.76 Å². The summed E-state index contributed by atoms with van der Waals surface area (Å²) in [6.45, 7) is 14.7. The molecule has 1 aromatic heterocycles. The number of fused-ring (bicyclic) bond motifs is 5. The van der Waals surface area contributed by atoms with E-state index >= 15 is 0 Å². The van der Waals surface area contributed by atoms with E-state index in [0.717, 1.165) is 17.7 Å². The molecule has 4 heteroatoms. The van der Waals surface area contributed by atoms with Gasteiger partial charge in [-0.2, -0.15) is 0 Å². The molecule has 0 aliphatic heterocycles. The summed E-state index contributed by atoms with van der Waals surface area (Å²) in [5.41, 5.74) is 9.87. The van der Waals surface area contributed by atoms with Crippen molar-refractivity contribution in [2.75, 3.05) is 0 Å². The molecule has 3 aromatic carbocycles. The molecule has 0 saturated carbocycles. The van der Waals surface area contributed by atoms with Crippen LogP contribution >= 0.6 is 0 Å². The molecule has 0 bridgehead atoms. The second-order valence-corrected chi connectivity index (χ2v) is 12.3. The number of nitrogens with zero attached hydrogens (tertiary/aromatic N) is 1. The predicted molar refractivity (Wildman–Crippen MR) is 168 cm³/mol. The van der Waals surface area contributed by atoms with Crippen LogP contribution in [0.25, 0.3) is 44.3 Å². The monoisotopic (exact) mass is 725 g/mol. The third kappa shape index (κ3) is 8.03. The van der Waals surface area contributed by atoms with Crippen molar-refractivity contribution in [3.8, 4) is 33.5 Å². The van der Waals surface area contributed by atoms with Gasteiger partial charge in [0, 0.05) is 45.2 Å². The number of benzene rings is 3. The van der Waals surface area contributed by atoms with E-state index < -0.39 is 0 Å². The standard InChI is InChI=1S/C26H22N.C11H20O2.Ir/c1-16(2)13-18-8-10-22-24(15-18)23-14-17(3)7-9-20(23)21-6-4-5-19-11-12-27-26(22)25(19)21;1-8(2)5-10(12)7-11(13)6-9(3)4;/h4-9,11-12,14-16H,13H2,1-3H3;7-9,12H,5-6H2,1-4H3;/q-1;;/b;10-7-;. The zero-order valence-corrected chi connectivity index (χ0v) is 27.7. The third-order valence-corrected chi connectivity index (χ3v) is 6.98. The van der Waals surface area contributed by atoms with Crippen molar-refractivity contribution in [1.29, 1.82) is 0 Å². The van der Waals surface area contributed by atoms with Gasteiger partial charge in [0.1, 0.15) is 0 Å². The summed E-state index contributed by atoms with van der Waals surface area (Å²) in [6, 6.07) is 23.6. The van der Waals surface area contributed by atoms with E-state index in [1.54, 1.807) is 0 Å². The fourth-order valence-electron chi connectivity index (χ4n) is 5.42. The van der Waals surface area contributed by atoms with Crippen molar-refractivity contribution in [3.05, 3.63) is 89.8 Å². The van der Waals surface area contributed by atoms with E-state index in [1.807, 2.05) is 33.9 Å². The van der Waals surface area contributed by atoms with E-state index in [9.17, 15) is 9.90 Å². The van der Waals surface area contributed by atoms with Crippen molar-refractivity contribution in [1.82, 2.24) is 4.98 Å². The Bertz CT molecular complexity index is 1540. The van der Waals surface area contributed by atoms with Crippen LogP contribution in [0.3, 0.4) is 0 Å². The summed E-state index contributed by atoms with van der Waals surface area (Å²) >= 11 is 0. The minimum Gasteiger partial charge on any atom is -0.512 e. The molecular weight excluding hydrogens is 683 g/mol. The fraction of sp³-hybridized carbons (Fsp3) is 0.351. The first-order valence-electron chi connectivity index (χ1n) is 14.5. The Hall–Kier alpha value is -3.07. The van der Waals surface area contributed by atoms with Gasteiger partial charge in [-0.15, -0.1) is 29.3 Å². The normalized spacial score (nSPS) is 11.9.